The molecule has 1 aliphatic rings. The quantitative estimate of drug-likeness (QED) is 0.859. The van der Waals surface area contributed by atoms with Gasteiger partial charge in [0, 0.05) is 37.6 Å². The van der Waals surface area contributed by atoms with Crippen LogP contribution in [0.25, 0.3) is 0 Å². The predicted octanol–water partition coefficient (Wildman–Crippen LogP) is 2.56. The summed E-state index contributed by atoms with van der Waals surface area (Å²) in [7, 11) is 0. The van der Waals surface area contributed by atoms with Crippen LogP contribution >= 0.6 is 0 Å². The van der Waals surface area contributed by atoms with Gasteiger partial charge in [0.1, 0.15) is 0 Å². The summed E-state index contributed by atoms with van der Waals surface area (Å²) < 4.78 is 2.01. The number of anilines is 1. The number of nitrogens with zero attached hydrogens (tertiary/aromatic N) is 3. The van der Waals surface area contributed by atoms with Gasteiger partial charge in [-0.15, -0.1) is 0 Å². The molecule has 0 spiro atoms. The molecule has 0 amide bonds. The fraction of sp³-hybridized carbons (Fsp3) is 0.400. The molecule has 0 atom stereocenters. The Labute approximate surface area is 113 Å². The Morgan fingerprint density at radius 1 is 1.21 bits per heavy atom. The van der Waals surface area contributed by atoms with Gasteiger partial charge in [-0.3, -0.25) is 9.58 Å². The molecule has 1 aliphatic heterocycles. The van der Waals surface area contributed by atoms with Crippen LogP contribution in [-0.4, -0.2) is 14.7 Å². The number of rotatable bonds is 3. The van der Waals surface area contributed by atoms with Gasteiger partial charge in [-0.05, 0) is 43.2 Å². The first-order chi connectivity index (χ1) is 9.11. The lowest BCUT2D eigenvalue weighted by Gasteiger charge is -2.12. The van der Waals surface area contributed by atoms with Crippen LogP contribution in [0, 0.1) is 0 Å². The Kier molecular flexibility index (Phi) is 3.03. The van der Waals surface area contributed by atoms with E-state index in [2.05, 4.69) is 48.2 Å². The Morgan fingerprint density at radius 2 is 2.00 bits per heavy atom. The number of benzene rings is 1. The highest BCUT2D eigenvalue weighted by Gasteiger charge is 2.19. The number of nitrogen functional groups attached to an aromatic ring is 1. The van der Waals surface area contributed by atoms with Gasteiger partial charge in [-0.25, -0.2) is 0 Å². The van der Waals surface area contributed by atoms with Crippen molar-refractivity contribution in [2.45, 2.75) is 39.5 Å². The van der Waals surface area contributed by atoms with Crippen molar-refractivity contribution in [1.29, 1.82) is 0 Å². The summed E-state index contributed by atoms with van der Waals surface area (Å²) in [4.78, 5) is 2.40. The molecular formula is C15H20N4. The number of hydrogen-bond donors (Lipinski definition) is 1. The maximum absolute atomic E-state index is 5.83. The van der Waals surface area contributed by atoms with E-state index >= 15 is 0 Å². The minimum atomic E-state index is 0.421. The van der Waals surface area contributed by atoms with E-state index in [1.54, 1.807) is 0 Å². The van der Waals surface area contributed by atoms with Crippen molar-refractivity contribution >= 4 is 5.69 Å². The molecular weight excluding hydrogens is 236 g/mol. The van der Waals surface area contributed by atoms with E-state index in [-0.39, 0.29) is 0 Å². The molecule has 0 aliphatic carbocycles. The standard InChI is InChI=1S/C15H20N4/c1-11(2)19-6-5-15(17-19)10-18-8-12-3-4-14(16)7-13(12)9-18/h3-7,11H,8-10,16H2,1-2H3. The zero-order chi connectivity index (χ0) is 13.4. The molecule has 2 aromatic rings. The number of nitrogens with two attached hydrogens (primary N) is 1. The van der Waals surface area contributed by atoms with Gasteiger partial charge in [0.05, 0.1) is 5.69 Å². The van der Waals surface area contributed by atoms with Crippen molar-refractivity contribution in [3.05, 3.63) is 47.3 Å². The molecule has 0 unspecified atom stereocenters. The van der Waals surface area contributed by atoms with Crippen molar-refractivity contribution in [2.75, 3.05) is 5.73 Å². The lowest BCUT2D eigenvalue weighted by Crippen LogP contribution is -2.16. The average Bonchev–Trinajstić information content (AvgIpc) is 2.95. The maximum Gasteiger partial charge on any atom is 0.0765 e. The smallest absolute Gasteiger partial charge is 0.0765 e. The third kappa shape index (κ3) is 2.49. The summed E-state index contributed by atoms with van der Waals surface area (Å²) in [5.74, 6) is 0. The molecule has 0 radical (unpaired) electrons. The second kappa shape index (κ2) is 4.70. The fourth-order valence-electron chi connectivity index (χ4n) is 2.58. The van der Waals surface area contributed by atoms with Crippen molar-refractivity contribution < 1.29 is 0 Å². The highest BCUT2D eigenvalue weighted by atomic mass is 15.3. The van der Waals surface area contributed by atoms with Crippen LogP contribution in [0.15, 0.2) is 30.5 Å². The van der Waals surface area contributed by atoms with Crippen molar-refractivity contribution in [3.8, 4) is 0 Å². The number of aromatic nitrogens is 2. The van der Waals surface area contributed by atoms with Gasteiger partial charge in [-0.2, -0.15) is 5.10 Å². The third-order valence-corrected chi connectivity index (χ3v) is 3.60. The van der Waals surface area contributed by atoms with Crippen molar-refractivity contribution in [1.82, 2.24) is 14.7 Å². The van der Waals surface area contributed by atoms with Gasteiger partial charge >= 0.3 is 0 Å². The lowest BCUT2D eigenvalue weighted by molar-refractivity contribution is 0.270. The Morgan fingerprint density at radius 3 is 2.74 bits per heavy atom. The Balaban J connectivity index is 1.69. The van der Waals surface area contributed by atoms with Gasteiger partial charge < -0.3 is 5.73 Å². The molecule has 3 rings (SSSR count). The minimum absolute atomic E-state index is 0.421. The fourth-order valence-corrected chi connectivity index (χ4v) is 2.58. The summed E-state index contributed by atoms with van der Waals surface area (Å²) in [5, 5.41) is 4.60. The van der Waals surface area contributed by atoms with Crippen LogP contribution in [0.3, 0.4) is 0 Å². The molecule has 4 nitrogen and oxygen atoms in total. The first kappa shape index (κ1) is 12.2. The highest BCUT2D eigenvalue weighted by Crippen LogP contribution is 2.25. The summed E-state index contributed by atoms with van der Waals surface area (Å²) in [6.45, 7) is 7.14. The minimum Gasteiger partial charge on any atom is -0.399 e. The van der Waals surface area contributed by atoms with Crippen LogP contribution in [0.2, 0.25) is 0 Å². The molecule has 19 heavy (non-hydrogen) atoms. The topological polar surface area (TPSA) is 47.1 Å². The second-order valence-electron chi connectivity index (χ2n) is 5.55. The molecule has 2 N–H and O–H groups in total. The SMILES string of the molecule is CC(C)n1ccc(CN2Cc3ccc(N)cc3C2)n1. The Hall–Kier alpha value is -1.81. The van der Waals surface area contributed by atoms with E-state index in [1.165, 1.54) is 11.1 Å². The van der Waals surface area contributed by atoms with Gasteiger partial charge in [0.15, 0.2) is 0 Å². The van der Waals surface area contributed by atoms with E-state index in [0.29, 0.717) is 6.04 Å². The third-order valence-electron chi connectivity index (χ3n) is 3.60. The summed E-state index contributed by atoms with van der Waals surface area (Å²) >= 11 is 0. The van der Waals surface area contributed by atoms with E-state index in [1.807, 2.05) is 10.7 Å². The van der Waals surface area contributed by atoms with Gasteiger partial charge in [-0.1, -0.05) is 6.07 Å². The summed E-state index contributed by atoms with van der Waals surface area (Å²) in [6, 6.07) is 8.73. The number of fused-ring (bicyclic) bond motifs is 1. The molecule has 100 valence electrons. The van der Waals surface area contributed by atoms with E-state index in [9.17, 15) is 0 Å². The van der Waals surface area contributed by atoms with Crippen molar-refractivity contribution in [2.24, 2.45) is 0 Å². The zero-order valence-corrected chi connectivity index (χ0v) is 11.5. The largest absolute Gasteiger partial charge is 0.399 e. The molecule has 2 heterocycles. The van der Waals surface area contributed by atoms with Crippen LogP contribution in [0.1, 0.15) is 36.7 Å². The van der Waals surface area contributed by atoms with Crippen LogP contribution in [0.4, 0.5) is 5.69 Å². The second-order valence-corrected chi connectivity index (χ2v) is 5.55. The molecule has 1 aromatic carbocycles. The molecule has 0 bridgehead atoms. The number of hydrogen-bond acceptors (Lipinski definition) is 3. The van der Waals surface area contributed by atoms with E-state index in [4.69, 9.17) is 5.73 Å². The van der Waals surface area contributed by atoms with E-state index in [0.717, 1.165) is 31.0 Å². The lowest BCUT2D eigenvalue weighted by atomic mass is 10.1. The highest BCUT2D eigenvalue weighted by molar-refractivity contribution is 5.46. The molecule has 0 saturated carbocycles. The molecule has 0 fully saturated rings. The zero-order valence-electron chi connectivity index (χ0n) is 11.5. The van der Waals surface area contributed by atoms with E-state index < -0.39 is 0 Å². The molecule has 0 saturated heterocycles. The van der Waals surface area contributed by atoms with Crippen molar-refractivity contribution in [3.63, 3.8) is 0 Å². The van der Waals surface area contributed by atoms with Crippen LogP contribution < -0.4 is 5.73 Å². The predicted molar refractivity (Wildman–Crippen MR) is 76.4 cm³/mol. The van der Waals surface area contributed by atoms with Gasteiger partial charge in [0.2, 0.25) is 0 Å². The Bertz CT molecular complexity index is 586. The normalized spacial score (nSPS) is 15.1. The van der Waals surface area contributed by atoms with Crippen LogP contribution in [0.5, 0.6) is 0 Å². The summed E-state index contributed by atoms with van der Waals surface area (Å²) in [5.41, 5.74) is 10.6. The van der Waals surface area contributed by atoms with Crippen LogP contribution in [-0.2, 0) is 19.6 Å². The monoisotopic (exact) mass is 256 g/mol. The molecule has 1 aromatic heterocycles. The van der Waals surface area contributed by atoms with Gasteiger partial charge in [0.25, 0.3) is 0 Å². The first-order valence-electron chi connectivity index (χ1n) is 6.75. The summed E-state index contributed by atoms with van der Waals surface area (Å²) in [6.07, 6.45) is 2.06. The molecule has 4 heteroatoms. The average molecular weight is 256 g/mol. The first-order valence-corrected chi connectivity index (χ1v) is 6.75. The maximum atomic E-state index is 5.83.